The maximum atomic E-state index is 5.84. The lowest BCUT2D eigenvalue weighted by Gasteiger charge is -2.17. The molecule has 96 valence electrons. The van der Waals surface area contributed by atoms with Crippen LogP contribution in [0, 0.1) is 0 Å². The highest BCUT2D eigenvalue weighted by atomic mass is 16.5. The van der Waals surface area contributed by atoms with Crippen LogP contribution in [0.15, 0.2) is 18.2 Å². The van der Waals surface area contributed by atoms with E-state index < -0.39 is 0 Å². The monoisotopic (exact) mass is 239 g/mol. The zero-order valence-corrected chi connectivity index (χ0v) is 10.9. The molecule has 1 aromatic rings. The summed E-state index contributed by atoms with van der Waals surface area (Å²) in [5, 5.41) is 3.12. The van der Waals surface area contributed by atoms with Gasteiger partial charge in [-0.05, 0) is 20.0 Å². The van der Waals surface area contributed by atoms with Gasteiger partial charge < -0.3 is 19.5 Å². The van der Waals surface area contributed by atoms with Crippen LogP contribution in [-0.4, -0.2) is 34.0 Å². The van der Waals surface area contributed by atoms with E-state index in [9.17, 15) is 0 Å². The van der Waals surface area contributed by atoms with Gasteiger partial charge in [0.15, 0.2) is 0 Å². The average Bonchev–Trinajstić information content (AvgIpc) is 2.32. The largest absolute Gasteiger partial charge is 0.497 e. The Bertz CT molecular complexity index is 341. The van der Waals surface area contributed by atoms with E-state index in [4.69, 9.17) is 14.2 Å². The third-order valence-electron chi connectivity index (χ3n) is 2.37. The molecule has 0 aromatic heterocycles. The molecule has 1 N–H and O–H groups in total. The molecule has 0 aliphatic rings. The number of ether oxygens (including phenoxy) is 3. The summed E-state index contributed by atoms with van der Waals surface area (Å²) >= 11 is 0. The van der Waals surface area contributed by atoms with Gasteiger partial charge in [-0.1, -0.05) is 6.07 Å². The summed E-state index contributed by atoms with van der Waals surface area (Å²) in [5.41, 5.74) is 1.11. The molecular formula is C13H21NO3. The van der Waals surface area contributed by atoms with Crippen molar-refractivity contribution in [2.24, 2.45) is 0 Å². The van der Waals surface area contributed by atoms with Crippen LogP contribution in [0.25, 0.3) is 0 Å². The third kappa shape index (κ3) is 4.24. The standard InChI is InChI=1S/C13H21NO3/c1-10(9-15-3)17-13-7-12(16-4)6-5-11(13)8-14-2/h5-7,10,14H,8-9H2,1-4H3. The molecule has 0 aliphatic carbocycles. The van der Waals surface area contributed by atoms with Crippen LogP contribution in [-0.2, 0) is 11.3 Å². The fraction of sp³-hybridized carbons (Fsp3) is 0.538. The first-order valence-corrected chi connectivity index (χ1v) is 5.68. The van der Waals surface area contributed by atoms with Crippen molar-refractivity contribution in [1.82, 2.24) is 5.32 Å². The molecule has 0 aliphatic heterocycles. The first-order chi connectivity index (χ1) is 8.21. The third-order valence-corrected chi connectivity index (χ3v) is 2.37. The van der Waals surface area contributed by atoms with E-state index >= 15 is 0 Å². The molecule has 1 aromatic carbocycles. The minimum Gasteiger partial charge on any atom is -0.497 e. The first-order valence-electron chi connectivity index (χ1n) is 5.68. The van der Waals surface area contributed by atoms with Crippen LogP contribution in [0.3, 0.4) is 0 Å². The zero-order valence-electron chi connectivity index (χ0n) is 10.9. The summed E-state index contributed by atoms with van der Waals surface area (Å²) in [6.07, 6.45) is 0.0164. The smallest absolute Gasteiger partial charge is 0.128 e. The molecule has 0 saturated heterocycles. The van der Waals surface area contributed by atoms with E-state index in [1.807, 2.05) is 32.2 Å². The SMILES string of the molecule is CNCc1ccc(OC)cc1OC(C)COC. The van der Waals surface area contributed by atoms with Gasteiger partial charge in [0.2, 0.25) is 0 Å². The van der Waals surface area contributed by atoms with E-state index in [0.29, 0.717) is 6.61 Å². The Labute approximate surface area is 103 Å². The molecule has 0 amide bonds. The fourth-order valence-corrected chi connectivity index (χ4v) is 1.59. The van der Waals surface area contributed by atoms with E-state index in [1.165, 1.54) is 0 Å². The fourth-order valence-electron chi connectivity index (χ4n) is 1.59. The second-order valence-corrected chi connectivity index (χ2v) is 3.89. The Kier molecular flexibility index (Phi) is 5.80. The molecule has 0 spiro atoms. The first kappa shape index (κ1) is 13.8. The van der Waals surface area contributed by atoms with Crippen molar-refractivity contribution < 1.29 is 14.2 Å². The van der Waals surface area contributed by atoms with E-state index in [2.05, 4.69) is 5.32 Å². The number of methoxy groups -OCH3 is 2. The molecular weight excluding hydrogens is 218 g/mol. The van der Waals surface area contributed by atoms with Crippen molar-refractivity contribution in [2.75, 3.05) is 27.9 Å². The molecule has 4 heteroatoms. The summed E-state index contributed by atoms with van der Waals surface area (Å²) in [4.78, 5) is 0. The highest BCUT2D eigenvalue weighted by molar-refractivity contribution is 5.40. The Morgan fingerprint density at radius 2 is 2.06 bits per heavy atom. The summed E-state index contributed by atoms with van der Waals surface area (Å²) in [5.74, 6) is 1.63. The summed E-state index contributed by atoms with van der Waals surface area (Å²) in [7, 11) is 5.22. The summed E-state index contributed by atoms with van der Waals surface area (Å²) in [6, 6.07) is 5.84. The molecule has 0 saturated carbocycles. The summed E-state index contributed by atoms with van der Waals surface area (Å²) < 4.78 is 16.1. The normalized spacial score (nSPS) is 12.2. The van der Waals surface area contributed by atoms with Gasteiger partial charge >= 0.3 is 0 Å². The van der Waals surface area contributed by atoms with E-state index in [0.717, 1.165) is 23.6 Å². The van der Waals surface area contributed by atoms with Crippen LogP contribution in [0.1, 0.15) is 12.5 Å². The topological polar surface area (TPSA) is 39.7 Å². The van der Waals surface area contributed by atoms with Gasteiger partial charge in [0, 0.05) is 25.3 Å². The molecule has 0 radical (unpaired) electrons. The number of benzene rings is 1. The number of hydrogen-bond acceptors (Lipinski definition) is 4. The molecule has 1 unspecified atom stereocenters. The lowest BCUT2D eigenvalue weighted by Crippen LogP contribution is -2.19. The minimum atomic E-state index is 0.0164. The number of nitrogens with one attached hydrogen (secondary N) is 1. The van der Waals surface area contributed by atoms with Gasteiger partial charge in [-0.25, -0.2) is 0 Å². The maximum absolute atomic E-state index is 5.84. The highest BCUT2D eigenvalue weighted by Gasteiger charge is 2.09. The van der Waals surface area contributed by atoms with Crippen molar-refractivity contribution in [3.63, 3.8) is 0 Å². The molecule has 1 rings (SSSR count). The molecule has 0 fully saturated rings. The highest BCUT2D eigenvalue weighted by Crippen LogP contribution is 2.25. The van der Waals surface area contributed by atoms with Crippen LogP contribution >= 0.6 is 0 Å². The van der Waals surface area contributed by atoms with Crippen LogP contribution < -0.4 is 14.8 Å². The molecule has 4 nitrogen and oxygen atoms in total. The maximum Gasteiger partial charge on any atom is 0.128 e. The summed E-state index contributed by atoms with van der Waals surface area (Å²) in [6.45, 7) is 3.31. The lowest BCUT2D eigenvalue weighted by molar-refractivity contribution is 0.0912. The van der Waals surface area contributed by atoms with Crippen molar-refractivity contribution >= 4 is 0 Å². The molecule has 0 bridgehead atoms. The van der Waals surface area contributed by atoms with Gasteiger partial charge in [0.1, 0.15) is 17.6 Å². The number of rotatable bonds is 7. The Hall–Kier alpha value is -1.26. The Balaban J connectivity index is 2.84. The van der Waals surface area contributed by atoms with Crippen LogP contribution in [0.5, 0.6) is 11.5 Å². The van der Waals surface area contributed by atoms with E-state index in [-0.39, 0.29) is 6.10 Å². The Morgan fingerprint density at radius 1 is 1.29 bits per heavy atom. The predicted molar refractivity (Wildman–Crippen MR) is 67.7 cm³/mol. The van der Waals surface area contributed by atoms with Gasteiger partial charge in [0.25, 0.3) is 0 Å². The Morgan fingerprint density at radius 3 is 2.65 bits per heavy atom. The second kappa shape index (κ2) is 7.14. The molecule has 17 heavy (non-hydrogen) atoms. The van der Waals surface area contributed by atoms with Gasteiger partial charge in [-0.15, -0.1) is 0 Å². The van der Waals surface area contributed by atoms with Crippen molar-refractivity contribution in [3.05, 3.63) is 23.8 Å². The van der Waals surface area contributed by atoms with Gasteiger partial charge in [0.05, 0.1) is 13.7 Å². The van der Waals surface area contributed by atoms with Crippen molar-refractivity contribution in [1.29, 1.82) is 0 Å². The average molecular weight is 239 g/mol. The van der Waals surface area contributed by atoms with Crippen molar-refractivity contribution in [3.8, 4) is 11.5 Å². The zero-order chi connectivity index (χ0) is 12.7. The molecule has 0 heterocycles. The predicted octanol–water partition coefficient (Wildman–Crippen LogP) is 1.83. The minimum absolute atomic E-state index is 0.0164. The van der Waals surface area contributed by atoms with Gasteiger partial charge in [-0.3, -0.25) is 0 Å². The van der Waals surface area contributed by atoms with Crippen LogP contribution in [0.4, 0.5) is 0 Å². The van der Waals surface area contributed by atoms with Gasteiger partial charge in [-0.2, -0.15) is 0 Å². The molecule has 1 atom stereocenters. The second-order valence-electron chi connectivity index (χ2n) is 3.89. The lowest BCUT2D eigenvalue weighted by atomic mass is 10.2. The number of hydrogen-bond donors (Lipinski definition) is 1. The van der Waals surface area contributed by atoms with Crippen LogP contribution in [0.2, 0.25) is 0 Å². The van der Waals surface area contributed by atoms with E-state index in [1.54, 1.807) is 14.2 Å². The van der Waals surface area contributed by atoms with Crippen molar-refractivity contribution in [2.45, 2.75) is 19.6 Å². The quantitative estimate of drug-likeness (QED) is 0.788.